The van der Waals surface area contributed by atoms with E-state index in [9.17, 15) is 4.79 Å². The molecule has 0 aliphatic carbocycles. The summed E-state index contributed by atoms with van der Waals surface area (Å²) in [6.07, 6.45) is 3.06. The first kappa shape index (κ1) is 19.9. The van der Waals surface area contributed by atoms with E-state index >= 15 is 0 Å². The van der Waals surface area contributed by atoms with E-state index in [1.807, 2.05) is 30.3 Å². The predicted molar refractivity (Wildman–Crippen MR) is 124 cm³/mol. The molecular weight excluding hydrogens is 447 g/mol. The van der Waals surface area contributed by atoms with Crippen LogP contribution in [-0.4, -0.2) is 10.9 Å². The van der Waals surface area contributed by atoms with E-state index in [-0.39, 0.29) is 5.91 Å². The number of nitrogens with one attached hydrogen (secondary N) is 1. The SMILES string of the molecule is O=C(C=Cc1ccc(Cl)cc1Cl)Nc1ccc(Cl)c(-c2nc3ccccc3s2)c1. The molecule has 0 fully saturated rings. The lowest BCUT2D eigenvalue weighted by molar-refractivity contribution is -0.111. The third-order valence-corrected chi connectivity index (χ3v) is 6.10. The average molecular weight is 460 g/mol. The van der Waals surface area contributed by atoms with Crippen molar-refractivity contribution in [3.05, 3.63) is 87.4 Å². The predicted octanol–water partition coefficient (Wildman–Crippen LogP) is 7.58. The largest absolute Gasteiger partial charge is 0.322 e. The maximum absolute atomic E-state index is 12.3. The van der Waals surface area contributed by atoms with Crippen LogP contribution in [0.1, 0.15) is 5.56 Å². The number of carbonyl (C=O) groups is 1. The molecule has 7 heteroatoms. The number of para-hydroxylation sites is 1. The van der Waals surface area contributed by atoms with Gasteiger partial charge < -0.3 is 5.32 Å². The molecule has 1 amide bonds. The molecule has 144 valence electrons. The van der Waals surface area contributed by atoms with Crippen LogP contribution in [0, 0.1) is 0 Å². The molecule has 3 aromatic carbocycles. The molecule has 0 saturated carbocycles. The number of benzene rings is 3. The van der Waals surface area contributed by atoms with E-state index in [1.165, 1.54) is 6.08 Å². The zero-order valence-electron chi connectivity index (χ0n) is 14.8. The van der Waals surface area contributed by atoms with Crippen LogP contribution in [-0.2, 0) is 4.79 Å². The lowest BCUT2D eigenvalue weighted by atomic mass is 10.2. The van der Waals surface area contributed by atoms with E-state index < -0.39 is 0 Å². The van der Waals surface area contributed by atoms with Crippen molar-refractivity contribution in [3.63, 3.8) is 0 Å². The van der Waals surface area contributed by atoms with Crippen molar-refractivity contribution in [2.75, 3.05) is 5.32 Å². The maximum Gasteiger partial charge on any atom is 0.248 e. The minimum atomic E-state index is -0.284. The summed E-state index contributed by atoms with van der Waals surface area (Å²) in [6.45, 7) is 0. The summed E-state index contributed by atoms with van der Waals surface area (Å²) < 4.78 is 1.08. The quantitative estimate of drug-likeness (QED) is 0.320. The summed E-state index contributed by atoms with van der Waals surface area (Å²) in [6, 6.07) is 18.3. The molecule has 0 aliphatic heterocycles. The van der Waals surface area contributed by atoms with Crippen molar-refractivity contribution >= 4 is 74.0 Å². The minimum Gasteiger partial charge on any atom is -0.322 e. The van der Waals surface area contributed by atoms with Crippen LogP contribution in [0.25, 0.3) is 26.9 Å². The summed E-state index contributed by atoms with van der Waals surface area (Å²) in [5.74, 6) is -0.284. The van der Waals surface area contributed by atoms with E-state index in [2.05, 4.69) is 10.3 Å². The Morgan fingerprint density at radius 3 is 2.59 bits per heavy atom. The smallest absolute Gasteiger partial charge is 0.248 e. The van der Waals surface area contributed by atoms with Crippen molar-refractivity contribution in [3.8, 4) is 10.6 Å². The molecule has 1 aromatic heterocycles. The first-order valence-corrected chi connectivity index (χ1v) is 10.5. The van der Waals surface area contributed by atoms with Gasteiger partial charge in [0.1, 0.15) is 5.01 Å². The van der Waals surface area contributed by atoms with Crippen LogP contribution < -0.4 is 5.32 Å². The summed E-state index contributed by atoms with van der Waals surface area (Å²) in [5, 5.41) is 5.23. The Hall–Kier alpha value is -2.37. The van der Waals surface area contributed by atoms with E-state index in [0.29, 0.717) is 26.3 Å². The maximum atomic E-state index is 12.3. The standard InChI is InChI=1S/C22H13Cl3N2OS/c23-14-7-5-13(18(25)11-14)6-10-21(28)26-15-8-9-17(24)16(12-15)22-27-19-3-1-2-4-20(19)29-22/h1-12H,(H,26,28). The zero-order chi connectivity index (χ0) is 20.4. The van der Waals surface area contributed by atoms with Gasteiger partial charge in [-0.2, -0.15) is 0 Å². The fourth-order valence-corrected chi connectivity index (χ4v) is 4.47. The molecule has 0 unspecified atom stereocenters. The second-order valence-corrected chi connectivity index (χ2v) is 8.45. The number of nitrogens with zero attached hydrogens (tertiary/aromatic N) is 1. The van der Waals surface area contributed by atoms with Gasteiger partial charge in [-0.15, -0.1) is 11.3 Å². The van der Waals surface area contributed by atoms with E-state index in [0.717, 1.165) is 20.8 Å². The van der Waals surface area contributed by atoms with Crippen LogP contribution in [0.3, 0.4) is 0 Å². The number of amides is 1. The first-order valence-electron chi connectivity index (χ1n) is 8.59. The van der Waals surface area contributed by atoms with Gasteiger partial charge in [0.25, 0.3) is 0 Å². The zero-order valence-corrected chi connectivity index (χ0v) is 17.9. The van der Waals surface area contributed by atoms with Gasteiger partial charge in [0.05, 0.1) is 15.2 Å². The van der Waals surface area contributed by atoms with Gasteiger partial charge in [-0.3, -0.25) is 4.79 Å². The topological polar surface area (TPSA) is 42.0 Å². The molecule has 0 bridgehead atoms. The number of carbonyl (C=O) groups excluding carboxylic acids is 1. The molecule has 0 aliphatic rings. The molecule has 1 N–H and O–H groups in total. The fraction of sp³-hybridized carbons (Fsp3) is 0. The molecule has 29 heavy (non-hydrogen) atoms. The van der Waals surface area contributed by atoms with Crippen molar-refractivity contribution in [1.82, 2.24) is 4.98 Å². The summed E-state index contributed by atoms with van der Waals surface area (Å²) >= 11 is 19.9. The minimum absolute atomic E-state index is 0.284. The normalized spacial score (nSPS) is 11.3. The highest BCUT2D eigenvalue weighted by Crippen LogP contribution is 2.35. The highest BCUT2D eigenvalue weighted by atomic mass is 35.5. The van der Waals surface area contributed by atoms with Gasteiger partial charge in [-0.1, -0.05) is 53.0 Å². The number of fused-ring (bicyclic) bond motifs is 1. The number of hydrogen-bond donors (Lipinski definition) is 1. The summed E-state index contributed by atoms with van der Waals surface area (Å²) in [4.78, 5) is 17.0. The number of anilines is 1. The van der Waals surface area contributed by atoms with Gasteiger partial charge in [0.2, 0.25) is 5.91 Å². The van der Waals surface area contributed by atoms with Gasteiger partial charge in [-0.05, 0) is 54.1 Å². The van der Waals surface area contributed by atoms with Crippen LogP contribution >= 0.6 is 46.1 Å². The lowest BCUT2D eigenvalue weighted by Crippen LogP contribution is -2.07. The van der Waals surface area contributed by atoms with E-state index in [1.54, 1.807) is 47.7 Å². The third-order valence-electron chi connectivity index (χ3n) is 4.13. The Bertz CT molecular complexity index is 1220. The highest BCUT2D eigenvalue weighted by Gasteiger charge is 2.11. The summed E-state index contributed by atoms with van der Waals surface area (Å²) in [5.41, 5.74) is 3.02. The molecule has 4 aromatic rings. The van der Waals surface area contributed by atoms with E-state index in [4.69, 9.17) is 34.8 Å². The number of hydrogen-bond acceptors (Lipinski definition) is 3. The Labute approximate surface area is 186 Å². The molecule has 0 atom stereocenters. The number of thiazole rings is 1. The molecule has 3 nitrogen and oxygen atoms in total. The van der Waals surface area contributed by atoms with Crippen molar-refractivity contribution in [1.29, 1.82) is 0 Å². The second-order valence-electron chi connectivity index (χ2n) is 6.17. The first-order chi connectivity index (χ1) is 14.0. The highest BCUT2D eigenvalue weighted by molar-refractivity contribution is 7.21. The molecular formula is C22H13Cl3N2OS. The number of halogens is 3. The third kappa shape index (κ3) is 4.62. The Morgan fingerprint density at radius 2 is 1.79 bits per heavy atom. The number of aromatic nitrogens is 1. The Balaban J connectivity index is 1.55. The Kier molecular flexibility index (Phi) is 5.88. The molecule has 0 saturated heterocycles. The molecule has 4 rings (SSSR count). The van der Waals surface area contributed by atoms with Gasteiger partial charge in [-0.25, -0.2) is 4.98 Å². The van der Waals surface area contributed by atoms with Crippen LogP contribution in [0.4, 0.5) is 5.69 Å². The van der Waals surface area contributed by atoms with Crippen LogP contribution in [0.2, 0.25) is 15.1 Å². The fourth-order valence-electron chi connectivity index (χ4n) is 2.74. The number of rotatable bonds is 4. The second kappa shape index (κ2) is 8.56. The lowest BCUT2D eigenvalue weighted by Gasteiger charge is -2.06. The molecule has 1 heterocycles. The summed E-state index contributed by atoms with van der Waals surface area (Å²) in [7, 11) is 0. The molecule has 0 spiro atoms. The van der Waals surface area contributed by atoms with Crippen molar-refractivity contribution in [2.24, 2.45) is 0 Å². The van der Waals surface area contributed by atoms with Crippen LogP contribution in [0.5, 0.6) is 0 Å². The van der Waals surface area contributed by atoms with Crippen molar-refractivity contribution < 1.29 is 4.79 Å². The van der Waals surface area contributed by atoms with Crippen molar-refractivity contribution in [2.45, 2.75) is 0 Å². The van der Waals surface area contributed by atoms with Gasteiger partial charge in [0.15, 0.2) is 0 Å². The Morgan fingerprint density at radius 1 is 0.966 bits per heavy atom. The average Bonchev–Trinajstić information content (AvgIpc) is 3.13. The monoisotopic (exact) mass is 458 g/mol. The van der Waals surface area contributed by atoms with Crippen LogP contribution in [0.15, 0.2) is 66.7 Å². The van der Waals surface area contributed by atoms with Gasteiger partial charge in [0, 0.05) is 27.4 Å². The van der Waals surface area contributed by atoms with Gasteiger partial charge >= 0.3 is 0 Å². The molecule has 0 radical (unpaired) electrons.